The predicted molar refractivity (Wildman–Crippen MR) is 96.3 cm³/mol. The van der Waals surface area contributed by atoms with E-state index in [1.54, 1.807) is 36.5 Å². The monoisotopic (exact) mass is 369 g/mol. The molecule has 7 nitrogen and oxygen atoms in total. The SMILES string of the molecule is COc1cccc2onc(CNS(=O)(=O)c3cccc4cccnc34)c12. The van der Waals surface area contributed by atoms with Gasteiger partial charge in [0.2, 0.25) is 10.0 Å². The van der Waals surface area contributed by atoms with E-state index in [1.165, 1.54) is 13.2 Å². The number of nitrogens with one attached hydrogen (secondary N) is 1. The van der Waals surface area contributed by atoms with Crippen LogP contribution in [0.25, 0.3) is 21.9 Å². The van der Waals surface area contributed by atoms with E-state index >= 15 is 0 Å². The van der Waals surface area contributed by atoms with Crippen molar-refractivity contribution in [2.45, 2.75) is 11.4 Å². The number of ether oxygens (including phenoxy) is 1. The first-order valence-corrected chi connectivity index (χ1v) is 9.33. The minimum absolute atomic E-state index is 0.0288. The van der Waals surface area contributed by atoms with Crippen LogP contribution in [0.1, 0.15) is 5.69 Å². The Labute approximate surface area is 149 Å². The van der Waals surface area contributed by atoms with Crippen molar-refractivity contribution >= 4 is 31.9 Å². The number of hydrogen-bond acceptors (Lipinski definition) is 6. The molecule has 26 heavy (non-hydrogen) atoms. The molecule has 0 radical (unpaired) electrons. The van der Waals surface area contributed by atoms with Crippen molar-refractivity contribution in [3.05, 3.63) is 60.4 Å². The van der Waals surface area contributed by atoms with E-state index in [0.717, 1.165) is 5.39 Å². The highest BCUT2D eigenvalue weighted by atomic mass is 32.2. The van der Waals surface area contributed by atoms with Crippen LogP contribution in [0.15, 0.2) is 64.1 Å². The Bertz CT molecular complexity index is 1200. The highest BCUT2D eigenvalue weighted by molar-refractivity contribution is 7.89. The Hall–Kier alpha value is -2.97. The lowest BCUT2D eigenvalue weighted by atomic mass is 10.2. The van der Waals surface area contributed by atoms with Gasteiger partial charge < -0.3 is 9.26 Å². The van der Waals surface area contributed by atoms with Crippen molar-refractivity contribution < 1.29 is 17.7 Å². The van der Waals surface area contributed by atoms with Gasteiger partial charge in [-0.3, -0.25) is 4.98 Å². The third-order valence-electron chi connectivity index (χ3n) is 4.07. The smallest absolute Gasteiger partial charge is 0.243 e. The Morgan fingerprint density at radius 2 is 1.92 bits per heavy atom. The van der Waals surface area contributed by atoms with Gasteiger partial charge >= 0.3 is 0 Å². The topological polar surface area (TPSA) is 94.3 Å². The summed E-state index contributed by atoms with van der Waals surface area (Å²) < 4.78 is 38.7. The molecule has 2 heterocycles. The van der Waals surface area contributed by atoms with E-state index < -0.39 is 10.0 Å². The summed E-state index contributed by atoms with van der Waals surface area (Å²) in [4.78, 5) is 4.32. The molecule has 0 bridgehead atoms. The molecule has 4 aromatic rings. The van der Waals surface area contributed by atoms with Gasteiger partial charge in [0.15, 0.2) is 5.58 Å². The van der Waals surface area contributed by atoms with Gasteiger partial charge in [-0.1, -0.05) is 29.4 Å². The Morgan fingerprint density at radius 3 is 2.77 bits per heavy atom. The van der Waals surface area contributed by atoms with E-state index in [9.17, 15) is 8.42 Å². The van der Waals surface area contributed by atoms with Crippen molar-refractivity contribution in [3.8, 4) is 5.75 Å². The third-order valence-corrected chi connectivity index (χ3v) is 5.50. The molecule has 0 saturated carbocycles. The van der Waals surface area contributed by atoms with Crippen molar-refractivity contribution in [3.63, 3.8) is 0 Å². The van der Waals surface area contributed by atoms with Crippen LogP contribution in [0.2, 0.25) is 0 Å². The minimum atomic E-state index is -3.79. The van der Waals surface area contributed by atoms with Crippen molar-refractivity contribution in [2.75, 3.05) is 7.11 Å². The summed E-state index contributed by atoms with van der Waals surface area (Å²) in [5, 5.41) is 5.37. The van der Waals surface area contributed by atoms with Crippen molar-refractivity contribution in [2.24, 2.45) is 0 Å². The highest BCUT2D eigenvalue weighted by Gasteiger charge is 2.20. The Balaban J connectivity index is 1.69. The van der Waals surface area contributed by atoms with Crippen LogP contribution in [0.3, 0.4) is 0 Å². The normalized spacial score (nSPS) is 11.9. The fourth-order valence-electron chi connectivity index (χ4n) is 2.85. The first-order chi connectivity index (χ1) is 12.6. The summed E-state index contributed by atoms with van der Waals surface area (Å²) in [6.07, 6.45) is 1.57. The summed E-state index contributed by atoms with van der Waals surface area (Å²) >= 11 is 0. The molecule has 0 spiro atoms. The number of pyridine rings is 1. The summed E-state index contributed by atoms with van der Waals surface area (Å²) in [7, 11) is -2.25. The molecule has 0 aliphatic carbocycles. The fraction of sp³-hybridized carbons (Fsp3) is 0.111. The van der Waals surface area contributed by atoms with Gasteiger partial charge in [-0.05, 0) is 24.3 Å². The standard InChI is InChI=1S/C18H15N3O4S/c1-24-14-7-3-8-15-17(14)13(21-25-15)11-20-26(22,23)16-9-2-5-12-6-4-10-19-18(12)16/h2-10,20H,11H2,1H3. The van der Waals surface area contributed by atoms with Crippen LogP contribution in [0.5, 0.6) is 5.75 Å². The first-order valence-electron chi connectivity index (χ1n) is 7.85. The Kier molecular flexibility index (Phi) is 4.06. The highest BCUT2D eigenvalue weighted by Crippen LogP contribution is 2.29. The maximum atomic E-state index is 12.8. The number of fused-ring (bicyclic) bond motifs is 2. The Morgan fingerprint density at radius 1 is 1.12 bits per heavy atom. The zero-order chi connectivity index (χ0) is 18.1. The number of rotatable bonds is 5. The van der Waals surface area contributed by atoms with Crippen LogP contribution < -0.4 is 9.46 Å². The van der Waals surface area contributed by atoms with Crippen LogP contribution >= 0.6 is 0 Å². The largest absolute Gasteiger partial charge is 0.496 e. The van der Waals surface area contributed by atoms with Crippen LogP contribution in [-0.4, -0.2) is 25.7 Å². The summed E-state index contributed by atoms with van der Waals surface area (Å²) in [5.41, 5.74) is 1.41. The van der Waals surface area contributed by atoms with Crippen LogP contribution in [0.4, 0.5) is 0 Å². The van der Waals surface area contributed by atoms with Gasteiger partial charge in [-0.15, -0.1) is 0 Å². The number of para-hydroxylation sites is 1. The molecule has 0 saturated heterocycles. The average molecular weight is 369 g/mol. The predicted octanol–water partition coefficient (Wildman–Crippen LogP) is 2.86. The zero-order valence-corrected chi connectivity index (χ0v) is 14.7. The van der Waals surface area contributed by atoms with Crippen LogP contribution in [0, 0.1) is 0 Å². The maximum absolute atomic E-state index is 12.8. The van der Waals surface area contributed by atoms with Crippen molar-refractivity contribution in [1.82, 2.24) is 14.9 Å². The molecule has 2 aromatic carbocycles. The number of aromatic nitrogens is 2. The summed E-state index contributed by atoms with van der Waals surface area (Å²) in [6, 6.07) is 13.9. The molecule has 2 aromatic heterocycles. The first kappa shape index (κ1) is 16.5. The van der Waals surface area contributed by atoms with E-state index in [1.807, 2.05) is 12.1 Å². The average Bonchev–Trinajstić information content (AvgIpc) is 3.09. The molecule has 0 unspecified atom stereocenters. The van der Waals surface area contributed by atoms with Gasteiger partial charge in [0, 0.05) is 11.6 Å². The van der Waals surface area contributed by atoms with E-state index in [0.29, 0.717) is 27.9 Å². The molecule has 8 heteroatoms. The molecule has 4 rings (SSSR count). The molecular weight excluding hydrogens is 354 g/mol. The van der Waals surface area contributed by atoms with Crippen molar-refractivity contribution in [1.29, 1.82) is 0 Å². The quantitative estimate of drug-likeness (QED) is 0.581. The number of benzene rings is 2. The van der Waals surface area contributed by atoms with Crippen LogP contribution in [-0.2, 0) is 16.6 Å². The molecule has 0 amide bonds. The molecular formula is C18H15N3O4S. The summed E-state index contributed by atoms with van der Waals surface area (Å²) in [5.74, 6) is 0.574. The van der Waals surface area contributed by atoms with Gasteiger partial charge in [-0.25, -0.2) is 13.1 Å². The summed E-state index contributed by atoms with van der Waals surface area (Å²) in [6.45, 7) is -0.0288. The number of methoxy groups -OCH3 is 1. The van der Waals surface area contributed by atoms with E-state index in [4.69, 9.17) is 9.26 Å². The van der Waals surface area contributed by atoms with Gasteiger partial charge in [-0.2, -0.15) is 0 Å². The lowest BCUT2D eigenvalue weighted by Crippen LogP contribution is -2.24. The molecule has 1 N–H and O–H groups in total. The molecule has 132 valence electrons. The minimum Gasteiger partial charge on any atom is -0.496 e. The number of hydrogen-bond donors (Lipinski definition) is 1. The second-order valence-corrected chi connectivity index (χ2v) is 7.35. The molecule has 0 fully saturated rings. The molecule has 0 atom stereocenters. The lowest BCUT2D eigenvalue weighted by molar-refractivity contribution is 0.419. The van der Waals surface area contributed by atoms with E-state index in [-0.39, 0.29) is 11.4 Å². The van der Waals surface area contributed by atoms with Gasteiger partial charge in [0.05, 0.1) is 24.6 Å². The number of nitrogens with zero attached hydrogens (tertiary/aromatic N) is 2. The fourth-order valence-corrected chi connectivity index (χ4v) is 4.01. The zero-order valence-electron chi connectivity index (χ0n) is 13.8. The second-order valence-electron chi connectivity index (χ2n) is 5.62. The third kappa shape index (κ3) is 2.79. The molecule has 0 aliphatic heterocycles. The lowest BCUT2D eigenvalue weighted by Gasteiger charge is -2.08. The molecule has 0 aliphatic rings. The van der Waals surface area contributed by atoms with E-state index in [2.05, 4.69) is 14.9 Å². The van der Waals surface area contributed by atoms with Gasteiger partial charge in [0.1, 0.15) is 16.3 Å². The number of sulfonamides is 1. The van der Waals surface area contributed by atoms with Gasteiger partial charge in [0.25, 0.3) is 0 Å². The maximum Gasteiger partial charge on any atom is 0.243 e. The second kappa shape index (κ2) is 6.40.